The third-order valence-electron chi connectivity index (χ3n) is 3.74. The number of carbonyl (C=O) groups excluding carboxylic acids is 2. The molecule has 28 heavy (non-hydrogen) atoms. The topological polar surface area (TPSA) is 129 Å². The number of furan rings is 1. The van der Waals surface area contributed by atoms with Crippen molar-refractivity contribution < 1.29 is 28.0 Å². The minimum absolute atomic E-state index is 0.0476. The quantitative estimate of drug-likeness (QED) is 0.588. The minimum atomic E-state index is -0.549. The summed E-state index contributed by atoms with van der Waals surface area (Å²) in [6.45, 7) is 0. The molecule has 2 heterocycles. The lowest BCUT2D eigenvalue weighted by Crippen LogP contribution is -2.41. The summed E-state index contributed by atoms with van der Waals surface area (Å²) in [5, 5.41) is 3.91. The fourth-order valence-corrected chi connectivity index (χ4v) is 2.33. The lowest BCUT2D eigenvalue weighted by atomic mass is 10.2. The second-order valence-electron chi connectivity index (χ2n) is 5.56. The van der Waals surface area contributed by atoms with Gasteiger partial charge in [0.1, 0.15) is 0 Å². The van der Waals surface area contributed by atoms with Gasteiger partial charge >= 0.3 is 5.91 Å². The molecule has 2 amide bonds. The summed E-state index contributed by atoms with van der Waals surface area (Å²) in [6, 6.07) is 8.29. The van der Waals surface area contributed by atoms with E-state index in [1.54, 1.807) is 31.4 Å². The Bertz CT molecular complexity index is 951. The Labute approximate surface area is 159 Å². The number of aromatic nitrogens is 2. The summed E-state index contributed by atoms with van der Waals surface area (Å²) in [5.74, 6) is 0.912. The Morgan fingerprint density at radius 1 is 1.11 bits per heavy atom. The van der Waals surface area contributed by atoms with Gasteiger partial charge in [0.05, 0.1) is 20.5 Å². The van der Waals surface area contributed by atoms with E-state index in [-0.39, 0.29) is 24.5 Å². The van der Waals surface area contributed by atoms with E-state index in [0.717, 1.165) is 0 Å². The van der Waals surface area contributed by atoms with Crippen molar-refractivity contribution in [2.75, 3.05) is 14.2 Å². The molecular formula is C18H18N4O6. The highest BCUT2D eigenvalue weighted by Crippen LogP contribution is 2.31. The third kappa shape index (κ3) is 4.47. The van der Waals surface area contributed by atoms with Crippen molar-refractivity contribution >= 4 is 11.8 Å². The molecule has 10 nitrogen and oxygen atoms in total. The first-order chi connectivity index (χ1) is 13.6. The van der Waals surface area contributed by atoms with Gasteiger partial charge in [0.25, 0.3) is 0 Å². The van der Waals surface area contributed by atoms with E-state index in [0.29, 0.717) is 22.9 Å². The zero-order chi connectivity index (χ0) is 19.9. The van der Waals surface area contributed by atoms with E-state index < -0.39 is 11.8 Å². The van der Waals surface area contributed by atoms with Crippen LogP contribution in [0, 0.1) is 0 Å². The van der Waals surface area contributed by atoms with Crippen LogP contribution in [0.25, 0.3) is 11.4 Å². The van der Waals surface area contributed by atoms with Gasteiger partial charge in [0.2, 0.25) is 17.6 Å². The molecule has 0 bridgehead atoms. The summed E-state index contributed by atoms with van der Waals surface area (Å²) in [5.41, 5.74) is 5.22. The zero-order valence-corrected chi connectivity index (χ0v) is 15.2. The molecule has 146 valence electrons. The molecule has 0 atom stereocenters. The second kappa shape index (κ2) is 8.71. The van der Waals surface area contributed by atoms with Gasteiger partial charge in [-0.3, -0.25) is 20.4 Å². The molecule has 0 radical (unpaired) electrons. The van der Waals surface area contributed by atoms with Crippen LogP contribution in [0.3, 0.4) is 0 Å². The molecule has 1 aromatic carbocycles. The van der Waals surface area contributed by atoms with Crippen LogP contribution in [-0.2, 0) is 11.2 Å². The van der Waals surface area contributed by atoms with Gasteiger partial charge in [0, 0.05) is 18.4 Å². The molecule has 0 saturated carbocycles. The number of carbonyl (C=O) groups is 2. The number of hydrogen-bond acceptors (Lipinski definition) is 8. The summed E-state index contributed by atoms with van der Waals surface area (Å²) < 4.78 is 20.5. The molecule has 3 aromatic rings. The van der Waals surface area contributed by atoms with Crippen molar-refractivity contribution in [1.82, 2.24) is 21.0 Å². The van der Waals surface area contributed by atoms with Crippen molar-refractivity contribution in [2.24, 2.45) is 0 Å². The van der Waals surface area contributed by atoms with Crippen LogP contribution in [0.1, 0.15) is 22.9 Å². The molecule has 10 heteroatoms. The van der Waals surface area contributed by atoms with E-state index in [1.807, 2.05) is 0 Å². The van der Waals surface area contributed by atoms with Gasteiger partial charge in [-0.05, 0) is 30.3 Å². The highest BCUT2D eigenvalue weighted by molar-refractivity contribution is 5.92. The summed E-state index contributed by atoms with van der Waals surface area (Å²) >= 11 is 0. The number of hydrazine groups is 1. The van der Waals surface area contributed by atoms with E-state index in [1.165, 1.54) is 19.4 Å². The number of rotatable bonds is 7. The predicted octanol–water partition coefficient (Wildman–Crippen LogP) is 1.74. The number of hydrogen-bond donors (Lipinski definition) is 2. The molecule has 0 aliphatic carbocycles. The second-order valence-corrected chi connectivity index (χ2v) is 5.56. The molecule has 0 saturated heterocycles. The Kier molecular flexibility index (Phi) is 5.90. The number of amides is 2. The Hall–Kier alpha value is -3.82. The van der Waals surface area contributed by atoms with Crippen molar-refractivity contribution in [1.29, 1.82) is 0 Å². The number of ether oxygens (including phenoxy) is 2. The monoisotopic (exact) mass is 386 g/mol. The zero-order valence-electron chi connectivity index (χ0n) is 15.2. The van der Waals surface area contributed by atoms with Crippen LogP contribution in [0.5, 0.6) is 11.5 Å². The number of benzene rings is 1. The first-order valence-electron chi connectivity index (χ1n) is 8.28. The predicted molar refractivity (Wildman–Crippen MR) is 95.5 cm³/mol. The smallest absolute Gasteiger partial charge is 0.305 e. The van der Waals surface area contributed by atoms with E-state index in [4.69, 9.17) is 18.4 Å². The summed E-state index contributed by atoms with van der Waals surface area (Å²) in [6.07, 6.45) is 1.62. The molecule has 0 fully saturated rings. The van der Waals surface area contributed by atoms with Crippen molar-refractivity contribution in [3.63, 3.8) is 0 Å². The van der Waals surface area contributed by atoms with E-state index in [9.17, 15) is 9.59 Å². The largest absolute Gasteiger partial charge is 0.493 e. The van der Waals surface area contributed by atoms with Crippen LogP contribution in [0.15, 0.2) is 45.5 Å². The SMILES string of the molecule is COc1ccc(-c2noc(CCC(=O)NNC(=O)c3ccco3)n2)cc1OC. The maximum atomic E-state index is 11.8. The standard InChI is InChI=1S/C18H18N4O6/c1-25-12-6-5-11(10-14(12)26-2)17-19-16(28-22-17)8-7-15(23)20-21-18(24)13-4-3-9-27-13/h3-6,9-10H,7-8H2,1-2H3,(H,20,23)(H,21,24). The van der Waals surface area contributed by atoms with Crippen LogP contribution < -0.4 is 20.3 Å². The van der Waals surface area contributed by atoms with Crippen LogP contribution in [0.2, 0.25) is 0 Å². The van der Waals surface area contributed by atoms with E-state index in [2.05, 4.69) is 21.0 Å². The number of nitrogens with zero attached hydrogens (tertiary/aromatic N) is 2. The van der Waals surface area contributed by atoms with Gasteiger partial charge in [-0.2, -0.15) is 4.98 Å². The molecule has 0 aliphatic rings. The molecule has 3 rings (SSSR count). The average molecular weight is 386 g/mol. The van der Waals surface area contributed by atoms with Gasteiger partial charge in [-0.1, -0.05) is 5.16 Å². The summed E-state index contributed by atoms with van der Waals surface area (Å²) in [7, 11) is 3.08. The number of methoxy groups -OCH3 is 2. The Morgan fingerprint density at radius 2 is 1.93 bits per heavy atom. The van der Waals surface area contributed by atoms with Gasteiger partial charge in [-0.15, -0.1) is 0 Å². The van der Waals surface area contributed by atoms with Crippen LogP contribution in [-0.4, -0.2) is 36.2 Å². The fraction of sp³-hybridized carbons (Fsp3) is 0.222. The molecule has 0 aliphatic heterocycles. The lowest BCUT2D eigenvalue weighted by Gasteiger charge is -2.07. The van der Waals surface area contributed by atoms with E-state index >= 15 is 0 Å². The molecule has 2 aromatic heterocycles. The summed E-state index contributed by atoms with van der Waals surface area (Å²) in [4.78, 5) is 27.8. The average Bonchev–Trinajstić information content (AvgIpc) is 3.42. The van der Waals surface area contributed by atoms with Crippen molar-refractivity contribution in [3.8, 4) is 22.9 Å². The molecule has 2 N–H and O–H groups in total. The van der Waals surface area contributed by atoms with Gasteiger partial charge in [-0.25, -0.2) is 0 Å². The van der Waals surface area contributed by atoms with Crippen LogP contribution in [0.4, 0.5) is 0 Å². The first kappa shape index (κ1) is 19.0. The Balaban J connectivity index is 1.53. The minimum Gasteiger partial charge on any atom is -0.493 e. The lowest BCUT2D eigenvalue weighted by molar-refractivity contribution is -0.121. The van der Waals surface area contributed by atoms with Gasteiger partial charge < -0.3 is 18.4 Å². The third-order valence-corrected chi connectivity index (χ3v) is 3.74. The highest BCUT2D eigenvalue weighted by atomic mass is 16.5. The van der Waals surface area contributed by atoms with Gasteiger partial charge in [0.15, 0.2) is 17.3 Å². The highest BCUT2D eigenvalue weighted by Gasteiger charge is 2.14. The maximum absolute atomic E-state index is 11.8. The van der Waals surface area contributed by atoms with Crippen LogP contribution >= 0.6 is 0 Å². The first-order valence-corrected chi connectivity index (χ1v) is 8.28. The fourth-order valence-electron chi connectivity index (χ4n) is 2.33. The Morgan fingerprint density at radius 3 is 2.64 bits per heavy atom. The molecule has 0 spiro atoms. The normalized spacial score (nSPS) is 10.4. The maximum Gasteiger partial charge on any atom is 0.305 e. The van der Waals surface area contributed by atoms with Crippen molar-refractivity contribution in [3.05, 3.63) is 48.2 Å². The molecule has 0 unspecified atom stereocenters. The van der Waals surface area contributed by atoms with Crippen molar-refractivity contribution in [2.45, 2.75) is 12.8 Å². The number of nitrogens with one attached hydrogen (secondary N) is 2. The molecular weight excluding hydrogens is 368 g/mol. The number of aryl methyl sites for hydroxylation is 1.